The summed E-state index contributed by atoms with van der Waals surface area (Å²) in [6.45, 7) is 13.0. The molecule has 18 heavy (non-hydrogen) atoms. The van der Waals surface area contributed by atoms with Crippen molar-refractivity contribution in [2.24, 2.45) is 5.41 Å². The maximum Gasteiger partial charge on any atom is 0.354 e. The highest BCUT2D eigenvalue weighted by molar-refractivity contribution is 7.57. The SMILES string of the molecule is CCCC/C(=C\P(=O)(OCC)OCC)C(C)(C)C. The molecule has 0 spiro atoms. The predicted molar refractivity (Wildman–Crippen MR) is 77.9 cm³/mol. The molecule has 0 heterocycles. The molecule has 0 aromatic rings. The fourth-order valence-electron chi connectivity index (χ4n) is 1.66. The first-order valence-electron chi connectivity index (χ1n) is 6.90. The van der Waals surface area contributed by atoms with Crippen LogP contribution in [0.5, 0.6) is 0 Å². The molecule has 0 unspecified atom stereocenters. The maximum absolute atomic E-state index is 12.5. The molecule has 0 aromatic heterocycles. The lowest BCUT2D eigenvalue weighted by molar-refractivity contribution is 0.228. The minimum Gasteiger partial charge on any atom is -0.306 e. The second-order valence-electron chi connectivity index (χ2n) is 5.38. The smallest absolute Gasteiger partial charge is 0.306 e. The Balaban J connectivity index is 5.14. The van der Waals surface area contributed by atoms with Crippen LogP contribution >= 0.6 is 7.60 Å². The van der Waals surface area contributed by atoms with Crippen LogP contribution in [0.1, 0.15) is 60.8 Å². The van der Waals surface area contributed by atoms with Gasteiger partial charge in [-0.25, -0.2) is 0 Å². The van der Waals surface area contributed by atoms with Gasteiger partial charge in [0.15, 0.2) is 0 Å². The molecule has 0 saturated carbocycles. The Kier molecular flexibility index (Phi) is 8.09. The van der Waals surface area contributed by atoms with Gasteiger partial charge < -0.3 is 9.05 Å². The molecule has 108 valence electrons. The standard InChI is InChI=1S/C14H29O3P/c1-7-10-11-13(14(4,5)6)12-18(15,16-8-2)17-9-3/h12H,7-11H2,1-6H3/b13-12+. The van der Waals surface area contributed by atoms with E-state index in [1.165, 1.54) is 0 Å². The molecule has 3 nitrogen and oxygen atoms in total. The van der Waals surface area contributed by atoms with Crippen LogP contribution in [-0.4, -0.2) is 13.2 Å². The van der Waals surface area contributed by atoms with Crippen molar-refractivity contribution in [3.63, 3.8) is 0 Å². The van der Waals surface area contributed by atoms with Gasteiger partial charge in [0.2, 0.25) is 0 Å². The average molecular weight is 276 g/mol. The van der Waals surface area contributed by atoms with Gasteiger partial charge in [-0.15, -0.1) is 0 Å². The Morgan fingerprint density at radius 1 is 1.11 bits per heavy atom. The topological polar surface area (TPSA) is 35.5 Å². The molecule has 0 rings (SSSR count). The zero-order valence-corrected chi connectivity index (χ0v) is 13.7. The van der Waals surface area contributed by atoms with E-state index in [0.29, 0.717) is 13.2 Å². The average Bonchev–Trinajstić information content (AvgIpc) is 2.23. The summed E-state index contributed by atoms with van der Waals surface area (Å²) >= 11 is 0. The van der Waals surface area contributed by atoms with Crippen molar-refractivity contribution in [1.29, 1.82) is 0 Å². The first kappa shape index (κ1) is 17.9. The summed E-state index contributed by atoms with van der Waals surface area (Å²) in [5.74, 6) is 1.75. The van der Waals surface area contributed by atoms with Gasteiger partial charge in [-0.2, -0.15) is 0 Å². The first-order valence-corrected chi connectivity index (χ1v) is 8.51. The quantitative estimate of drug-likeness (QED) is 0.559. The molecule has 0 radical (unpaired) electrons. The van der Waals surface area contributed by atoms with Gasteiger partial charge in [0, 0.05) is 5.82 Å². The molecule has 0 fully saturated rings. The lowest BCUT2D eigenvalue weighted by atomic mass is 9.85. The monoisotopic (exact) mass is 276 g/mol. The van der Waals surface area contributed by atoms with Crippen LogP contribution in [0, 0.1) is 5.41 Å². The second kappa shape index (κ2) is 8.14. The predicted octanol–water partition coefficient (Wildman–Crippen LogP) is 5.37. The third-order valence-corrected chi connectivity index (χ3v) is 4.56. The third-order valence-electron chi connectivity index (χ3n) is 2.70. The summed E-state index contributed by atoms with van der Waals surface area (Å²) < 4.78 is 23.2. The maximum atomic E-state index is 12.5. The molecular formula is C14H29O3P. The van der Waals surface area contributed by atoms with Gasteiger partial charge in [0.05, 0.1) is 13.2 Å². The molecule has 0 saturated heterocycles. The lowest BCUT2D eigenvalue weighted by Crippen LogP contribution is -2.10. The summed E-state index contributed by atoms with van der Waals surface area (Å²) in [5.41, 5.74) is 1.16. The minimum atomic E-state index is -3.07. The Hall–Kier alpha value is -0.110. The van der Waals surface area contributed by atoms with Gasteiger partial charge in [0.1, 0.15) is 0 Å². The molecular weight excluding hydrogens is 247 g/mol. The van der Waals surface area contributed by atoms with E-state index >= 15 is 0 Å². The van der Waals surface area contributed by atoms with E-state index in [1.54, 1.807) is 5.82 Å². The highest BCUT2D eigenvalue weighted by atomic mass is 31.2. The van der Waals surface area contributed by atoms with Crippen LogP contribution in [0.15, 0.2) is 11.4 Å². The molecule has 0 aliphatic rings. The van der Waals surface area contributed by atoms with E-state index in [9.17, 15) is 4.57 Å². The molecule has 4 heteroatoms. The highest BCUT2D eigenvalue weighted by Gasteiger charge is 2.25. The summed E-state index contributed by atoms with van der Waals surface area (Å²) in [4.78, 5) is 0. The summed E-state index contributed by atoms with van der Waals surface area (Å²) in [6.07, 6.45) is 3.17. The largest absolute Gasteiger partial charge is 0.354 e. The van der Waals surface area contributed by atoms with Crippen molar-refractivity contribution in [3.8, 4) is 0 Å². The number of allylic oxidation sites excluding steroid dienone is 1. The van der Waals surface area contributed by atoms with Crippen molar-refractivity contribution >= 4 is 7.60 Å². The lowest BCUT2D eigenvalue weighted by Gasteiger charge is -2.25. The van der Waals surface area contributed by atoms with Crippen LogP contribution in [0.2, 0.25) is 0 Å². The fourth-order valence-corrected chi connectivity index (χ4v) is 3.50. The van der Waals surface area contributed by atoms with E-state index < -0.39 is 7.60 Å². The van der Waals surface area contributed by atoms with Gasteiger partial charge >= 0.3 is 7.60 Å². The molecule has 0 N–H and O–H groups in total. The van der Waals surface area contributed by atoms with Crippen molar-refractivity contribution < 1.29 is 13.6 Å². The molecule has 0 bridgehead atoms. The Bertz CT molecular complexity index is 293. The molecule has 0 amide bonds. The minimum absolute atomic E-state index is 0.000959. The van der Waals surface area contributed by atoms with E-state index in [4.69, 9.17) is 9.05 Å². The summed E-state index contributed by atoms with van der Waals surface area (Å²) in [6, 6.07) is 0. The normalized spacial score (nSPS) is 14.0. The zero-order chi connectivity index (χ0) is 14.2. The van der Waals surface area contributed by atoms with Crippen LogP contribution in [0.3, 0.4) is 0 Å². The number of hydrogen-bond donors (Lipinski definition) is 0. The Morgan fingerprint density at radius 3 is 1.94 bits per heavy atom. The van der Waals surface area contributed by atoms with E-state index in [2.05, 4.69) is 27.7 Å². The van der Waals surface area contributed by atoms with Gasteiger partial charge in [0.25, 0.3) is 0 Å². The van der Waals surface area contributed by atoms with Crippen molar-refractivity contribution in [2.45, 2.75) is 60.8 Å². The van der Waals surface area contributed by atoms with Crippen molar-refractivity contribution in [3.05, 3.63) is 11.4 Å². The van der Waals surface area contributed by atoms with Gasteiger partial charge in [-0.05, 0) is 32.1 Å². The Morgan fingerprint density at radius 2 is 1.61 bits per heavy atom. The first-order chi connectivity index (χ1) is 8.29. The summed E-state index contributed by atoms with van der Waals surface area (Å²) in [7, 11) is -3.07. The number of hydrogen-bond acceptors (Lipinski definition) is 3. The molecule has 0 atom stereocenters. The molecule has 0 aromatic carbocycles. The van der Waals surface area contributed by atoms with E-state index in [1.807, 2.05) is 13.8 Å². The second-order valence-corrected chi connectivity index (χ2v) is 7.24. The van der Waals surface area contributed by atoms with Crippen molar-refractivity contribution in [2.75, 3.05) is 13.2 Å². The third kappa shape index (κ3) is 6.72. The van der Waals surface area contributed by atoms with Crippen LogP contribution in [0.25, 0.3) is 0 Å². The van der Waals surface area contributed by atoms with Gasteiger partial charge in [-0.3, -0.25) is 4.57 Å². The van der Waals surface area contributed by atoms with Gasteiger partial charge in [-0.1, -0.05) is 39.7 Å². The van der Waals surface area contributed by atoms with E-state index in [-0.39, 0.29) is 5.41 Å². The fraction of sp³-hybridized carbons (Fsp3) is 0.857. The number of unbranched alkanes of at least 4 members (excludes halogenated alkanes) is 1. The van der Waals surface area contributed by atoms with E-state index in [0.717, 1.165) is 24.8 Å². The van der Waals surface area contributed by atoms with Crippen molar-refractivity contribution in [1.82, 2.24) is 0 Å². The molecule has 0 aliphatic heterocycles. The summed E-state index contributed by atoms with van der Waals surface area (Å²) in [5, 5.41) is 0. The molecule has 0 aliphatic carbocycles. The van der Waals surface area contributed by atoms with Crippen LogP contribution < -0.4 is 0 Å². The van der Waals surface area contributed by atoms with Crippen LogP contribution in [-0.2, 0) is 13.6 Å². The van der Waals surface area contributed by atoms with Crippen LogP contribution in [0.4, 0.5) is 0 Å². The highest BCUT2D eigenvalue weighted by Crippen LogP contribution is 2.52. The Labute approximate surface area is 112 Å². The number of rotatable bonds is 8. The zero-order valence-electron chi connectivity index (χ0n) is 12.8.